The van der Waals surface area contributed by atoms with Crippen LogP contribution in [0.15, 0.2) is 60.8 Å². The first-order chi connectivity index (χ1) is 12.0. The number of amides is 1. The molecule has 0 saturated heterocycles. The van der Waals surface area contributed by atoms with Gasteiger partial charge in [0, 0.05) is 18.3 Å². The number of aromatic nitrogens is 2. The minimum atomic E-state index is -0.601. The molecule has 1 heterocycles. The van der Waals surface area contributed by atoms with Gasteiger partial charge in [0.2, 0.25) is 0 Å². The van der Waals surface area contributed by atoms with Crippen LogP contribution in [-0.4, -0.2) is 33.4 Å². The zero-order valence-electron chi connectivity index (χ0n) is 14.3. The van der Waals surface area contributed by atoms with E-state index in [1.165, 1.54) is 0 Å². The molecule has 0 saturated carbocycles. The minimum absolute atomic E-state index is 0.197. The predicted molar refractivity (Wildman–Crippen MR) is 97.8 cm³/mol. The van der Waals surface area contributed by atoms with Gasteiger partial charge in [-0.15, -0.1) is 0 Å². The number of rotatable bonds is 5. The number of carbonyl (C=O) groups is 1. The number of nitrogens with zero attached hydrogens (tertiary/aromatic N) is 2. The fourth-order valence-electron chi connectivity index (χ4n) is 2.51. The monoisotopic (exact) mass is 335 g/mol. The molecular weight excluding hydrogens is 314 g/mol. The Labute approximate surface area is 146 Å². The van der Waals surface area contributed by atoms with Crippen molar-refractivity contribution in [3.05, 3.63) is 71.9 Å². The van der Waals surface area contributed by atoms with Crippen molar-refractivity contribution in [3.8, 4) is 16.9 Å². The third-order valence-electron chi connectivity index (χ3n) is 3.86. The molecule has 1 atom stereocenters. The molecule has 1 amide bonds. The molecule has 0 bridgehead atoms. The van der Waals surface area contributed by atoms with Gasteiger partial charge in [-0.25, -0.2) is 4.68 Å². The van der Waals surface area contributed by atoms with Crippen LogP contribution in [0.1, 0.15) is 22.8 Å². The number of hydrogen-bond acceptors (Lipinski definition) is 3. The van der Waals surface area contributed by atoms with Crippen LogP contribution < -0.4 is 5.32 Å². The van der Waals surface area contributed by atoms with Gasteiger partial charge < -0.3 is 10.4 Å². The molecule has 25 heavy (non-hydrogen) atoms. The first-order valence-corrected chi connectivity index (χ1v) is 8.23. The molecule has 5 heteroatoms. The number of hydrogen-bond donors (Lipinski definition) is 2. The maximum absolute atomic E-state index is 12.6. The Morgan fingerprint density at radius 1 is 1.16 bits per heavy atom. The van der Waals surface area contributed by atoms with E-state index in [9.17, 15) is 9.90 Å². The highest BCUT2D eigenvalue weighted by Gasteiger charge is 2.18. The highest BCUT2D eigenvalue weighted by atomic mass is 16.3. The lowest BCUT2D eigenvalue weighted by molar-refractivity contribution is 0.0924. The summed E-state index contributed by atoms with van der Waals surface area (Å²) in [4.78, 5) is 12.6. The standard InChI is InChI=1S/C20H21N3O2/c1-14-8-10-17(11-9-14)23-13-18(20(25)21-12-15(2)24)19(22-23)16-6-4-3-5-7-16/h3-11,13,15,24H,12H2,1-2H3,(H,21,25). The number of aliphatic hydroxyl groups is 1. The fraction of sp³-hybridized carbons (Fsp3) is 0.200. The zero-order chi connectivity index (χ0) is 17.8. The van der Waals surface area contributed by atoms with Gasteiger partial charge >= 0.3 is 0 Å². The van der Waals surface area contributed by atoms with Crippen molar-refractivity contribution in [2.75, 3.05) is 6.54 Å². The lowest BCUT2D eigenvalue weighted by Crippen LogP contribution is -2.30. The van der Waals surface area contributed by atoms with E-state index in [0.29, 0.717) is 11.3 Å². The Morgan fingerprint density at radius 3 is 2.48 bits per heavy atom. The second kappa shape index (κ2) is 7.32. The lowest BCUT2D eigenvalue weighted by Gasteiger charge is -2.07. The molecule has 0 spiro atoms. The van der Waals surface area contributed by atoms with Crippen LogP contribution in [0.25, 0.3) is 16.9 Å². The van der Waals surface area contributed by atoms with Gasteiger partial charge in [-0.1, -0.05) is 48.0 Å². The van der Waals surface area contributed by atoms with Crippen LogP contribution in [-0.2, 0) is 0 Å². The highest BCUT2D eigenvalue weighted by molar-refractivity contribution is 5.99. The smallest absolute Gasteiger partial charge is 0.255 e. The van der Waals surface area contributed by atoms with Crippen molar-refractivity contribution in [3.63, 3.8) is 0 Å². The number of aliphatic hydroxyl groups excluding tert-OH is 1. The van der Waals surface area contributed by atoms with E-state index in [1.54, 1.807) is 17.8 Å². The van der Waals surface area contributed by atoms with E-state index in [-0.39, 0.29) is 12.5 Å². The van der Waals surface area contributed by atoms with Crippen LogP contribution in [0.2, 0.25) is 0 Å². The van der Waals surface area contributed by atoms with Gasteiger partial charge in [0.1, 0.15) is 5.69 Å². The van der Waals surface area contributed by atoms with Crippen molar-refractivity contribution >= 4 is 5.91 Å². The van der Waals surface area contributed by atoms with Crippen molar-refractivity contribution in [1.82, 2.24) is 15.1 Å². The average Bonchev–Trinajstić information content (AvgIpc) is 3.06. The summed E-state index contributed by atoms with van der Waals surface area (Å²) in [7, 11) is 0. The Hall–Kier alpha value is -2.92. The molecule has 5 nitrogen and oxygen atoms in total. The summed E-state index contributed by atoms with van der Waals surface area (Å²) in [5, 5.41) is 16.8. The SMILES string of the molecule is Cc1ccc(-n2cc(C(=O)NCC(C)O)c(-c3ccccc3)n2)cc1. The summed E-state index contributed by atoms with van der Waals surface area (Å²) in [5.41, 5.74) is 4.01. The molecule has 1 unspecified atom stereocenters. The van der Waals surface area contributed by atoms with E-state index in [1.807, 2.05) is 61.5 Å². The second-order valence-electron chi connectivity index (χ2n) is 6.10. The minimum Gasteiger partial charge on any atom is -0.392 e. The van der Waals surface area contributed by atoms with Gasteiger partial charge in [0.05, 0.1) is 17.4 Å². The Balaban J connectivity index is 2.02. The second-order valence-corrected chi connectivity index (χ2v) is 6.10. The number of benzene rings is 2. The molecule has 1 aromatic heterocycles. The molecule has 0 aliphatic heterocycles. The van der Waals surface area contributed by atoms with E-state index in [4.69, 9.17) is 0 Å². The molecule has 0 fully saturated rings. The molecule has 0 aliphatic carbocycles. The van der Waals surface area contributed by atoms with Crippen LogP contribution >= 0.6 is 0 Å². The topological polar surface area (TPSA) is 67.2 Å². The first kappa shape index (κ1) is 16.9. The molecule has 3 aromatic rings. The molecule has 3 rings (SSSR count). The summed E-state index contributed by atoms with van der Waals surface area (Å²) in [6.07, 6.45) is 1.13. The summed E-state index contributed by atoms with van der Waals surface area (Å²) in [6.45, 7) is 3.86. The molecule has 2 aromatic carbocycles. The van der Waals surface area contributed by atoms with Crippen molar-refractivity contribution in [2.45, 2.75) is 20.0 Å². The predicted octanol–water partition coefficient (Wildman–Crippen LogP) is 2.96. The van der Waals surface area contributed by atoms with E-state index in [2.05, 4.69) is 10.4 Å². The number of aryl methyl sites for hydroxylation is 1. The largest absolute Gasteiger partial charge is 0.392 e. The van der Waals surface area contributed by atoms with Crippen molar-refractivity contribution in [2.24, 2.45) is 0 Å². The normalized spacial score (nSPS) is 12.0. The summed E-state index contributed by atoms with van der Waals surface area (Å²) < 4.78 is 1.71. The third-order valence-corrected chi connectivity index (χ3v) is 3.86. The maximum Gasteiger partial charge on any atom is 0.255 e. The van der Waals surface area contributed by atoms with E-state index < -0.39 is 6.10 Å². The molecule has 0 radical (unpaired) electrons. The first-order valence-electron chi connectivity index (χ1n) is 8.23. The van der Waals surface area contributed by atoms with Crippen LogP contribution in [0.3, 0.4) is 0 Å². The molecule has 0 aliphatic rings. The van der Waals surface area contributed by atoms with Gasteiger partial charge in [0.25, 0.3) is 5.91 Å². The van der Waals surface area contributed by atoms with E-state index >= 15 is 0 Å². The third kappa shape index (κ3) is 3.95. The lowest BCUT2D eigenvalue weighted by atomic mass is 10.1. The van der Waals surface area contributed by atoms with Crippen molar-refractivity contribution < 1.29 is 9.90 Å². The summed E-state index contributed by atoms with van der Waals surface area (Å²) in [5.74, 6) is -0.252. The maximum atomic E-state index is 12.6. The fourth-order valence-corrected chi connectivity index (χ4v) is 2.51. The Kier molecular flexibility index (Phi) is 4.95. The summed E-state index contributed by atoms with van der Waals surface area (Å²) >= 11 is 0. The Morgan fingerprint density at radius 2 is 1.84 bits per heavy atom. The van der Waals surface area contributed by atoms with Crippen molar-refractivity contribution in [1.29, 1.82) is 0 Å². The van der Waals surface area contributed by atoms with Gasteiger partial charge in [-0.3, -0.25) is 4.79 Å². The molecular formula is C20H21N3O2. The van der Waals surface area contributed by atoms with Gasteiger partial charge in [0.15, 0.2) is 0 Å². The van der Waals surface area contributed by atoms with E-state index in [0.717, 1.165) is 16.8 Å². The van der Waals surface area contributed by atoms with Crippen LogP contribution in [0.5, 0.6) is 0 Å². The quantitative estimate of drug-likeness (QED) is 0.753. The van der Waals surface area contributed by atoms with Crippen LogP contribution in [0.4, 0.5) is 0 Å². The average molecular weight is 335 g/mol. The van der Waals surface area contributed by atoms with Gasteiger partial charge in [-0.05, 0) is 26.0 Å². The number of nitrogens with one attached hydrogen (secondary N) is 1. The summed E-state index contributed by atoms with van der Waals surface area (Å²) in [6, 6.07) is 17.5. The highest BCUT2D eigenvalue weighted by Crippen LogP contribution is 2.23. The van der Waals surface area contributed by atoms with Gasteiger partial charge in [-0.2, -0.15) is 5.10 Å². The number of carbonyl (C=O) groups excluding carboxylic acids is 1. The zero-order valence-corrected chi connectivity index (χ0v) is 14.3. The van der Waals surface area contributed by atoms with Crippen LogP contribution in [0, 0.1) is 6.92 Å². The molecule has 2 N–H and O–H groups in total. The Bertz CT molecular complexity index is 852. The molecule has 128 valence electrons.